The average Bonchev–Trinajstić information content (AvgIpc) is 2.95. The van der Waals surface area contributed by atoms with E-state index in [1.54, 1.807) is 19.1 Å². The normalized spacial score (nSPS) is 11.0. The molecule has 0 saturated heterocycles. The second-order valence-corrected chi connectivity index (χ2v) is 7.33. The van der Waals surface area contributed by atoms with Gasteiger partial charge in [-0.15, -0.1) is 0 Å². The molecular weight excluding hydrogens is 410 g/mol. The van der Waals surface area contributed by atoms with Gasteiger partial charge in [0, 0.05) is 17.8 Å². The lowest BCUT2D eigenvalue weighted by molar-refractivity contribution is 0.414. The molecule has 0 saturated carbocycles. The molecule has 3 rings (SSSR count). The molecule has 0 amide bonds. The number of halogens is 2. The Morgan fingerprint density at radius 2 is 1.96 bits per heavy atom. The molecule has 0 aliphatic heterocycles. The van der Waals surface area contributed by atoms with Gasteiger partial charge in [-0.25, -0.2) is 0 Å². The number of nitrogens with zero attached hydrogens (tertiary/aromatic N) is 3. The van der Waals surface area contributed by atoms with Gasteiger partial charge in [-0.3, -0.25) is 8.99 Å². The Bertz CT molecular complexity index is 866. The zero-order valence-corrected chi connectivity index (χ0v) is 16.7. The van der Waals surface area contributed by atoms with E-state index in [9.17, 15) is 0 Å². The zero-order valence-electron chi connectivity index (χ0n) is 13.6. The highest BCUT2D eigenvalue weighted by atomic mass is 79.9. The van der Waals surface area contributed by atoms with Gasteiger partial charge in [-0.05, 0) is 45.8 Å². The van der Waals surface area contributed by atoms with Gasteiger partial charge >= 0.3 is 0 Å². The van der Waals surface area contributed by atoms with Gasteiger partial charge in [0.05, 0.1) is 29.6 Å². The van der Waals surface area contributed by atoms with Crippen molar-refractivity contribution in [3.8, 4) is 5.75 Å². The summed E-state index contributed by atoms with van der Waals surface area (Å²) in [4.78, 5) is 0. The summed E-state index contributed by atoms with van der Waals surface area (Å²) in [5, 5.41) is 6.35. The first kappa shape index (κ1) is 17.5. The molecule has 1 heterocycles. The number of hydrogen-bond acceptors (Lipinski definition) is 4. The number of rotatable bonds is 5. The van der Waals surface area contributed by atoms with Gasteiger partial charge < -0.3 is 4.74 Å². The van der Waals surface area contributed by atoms with Crippen molar-refractivity contribution in [1.29, 1.82) is 0 Å². The average molecular weight is 427 g/mol. The number of ether oxygens (including phenoxy) is 1. The maximum absolute atomic E-state index is 6.46. The molecular formula is C17H17BrClN3OS. The molecule has 7 heteroatoms. The van der Waals surface area contributed by atoms with Crippen molar-refractivity contribution >= 4 is 56.2 Å². The minimum absolute atomic E-state index is 0.699. The second kappa shape index (κ2) is 7.25. The lowest BCUT2D eigenvalue weighted by Gasteiger charge is -2.20. The van der Waals surface area contributed by atoms with E-state index in [1.165, 1.54) is 5.56 Å². The largest absolute Gasteiger partial charge is 0.497 e. The summed E-state index contributed by atoms with van der Waals surface area (Å²) < 4.78 is 10.2. The number of aromatic nitrogens is 2. The number of fused-ring (bicyclic) bond motifs is 1. The third kappa shape index (κ3) is 3.23. The Morgan fingerprint density at radius 1 is 1.25 bits per heavy atom. The summed E-state index contributed by atoms with van der Waals surface area (Å²) in [6, 6.07) is 11.9. The summed E-state index contributed by atoms with van der Waals surface area (Å²) in [5.41, 5.74) is 2.17. The van der Waals surface area contributed by atoms with E-state index in [0.29, 0.717) is 5.02 Å². The molecule has 4 nitrogen and oxygen atoms in total. The van der Waals surface area contributed by atoms with E-state index >= 15 is 0 Å². The van der Waals surface area contributed by atoms with Crippen molar-refractivity contribution in [3.05, 3.63) is 51.5 Å². The van der Waals surface area contributed by atoms with Crippen LogP contribution in [-0.4, -0.2) is 23.1 Å². The van der Waals surface area contributed by atoms with E-state index in [0.717, 1.165) is 33.5 Å². The first-order valence-corrected chi connectivity index (χ1v) is 9.65. The van der Waals surface area contributed by atoms with Crippen LogP contribution in [0.4, 0.5) is 5.82 Å². The van der Waals surface area contributed by atoms with Crippen molar-refractivity contribution < 1.29 is 4.74 Å². The van der Waals surface area contributed by atoms with E-state index in [2.05, 4.69) is 32.4 Å². The lowest BCUT2D eigenvalue weighted by Crippen LogP contribution is -2.14. The Labute approximate surface area is 159 Å². The zero-order chi connectivity index (χ0) is 17.3. The van der Waals surface area contributed by atoms with Crippen LogP contribution in [0.15, 0.2) is 40.9 Å². The summed E-state index contributed by atoms with van der Waals surface area (Å²) in [6.07, 6.45) is 2.04. The van der Waals surface area contributed by atoms with Crippen molar-refractivity contribution in [2.45, 2.75) is 6.54 Å². The van der Waals surface area contributed by atoms with Gasteiger partial charge in [-0.1, -0.05) is 35.7 Å². The number of aryl methyl sites for hydroxylation is 1. The van der Waals surface area contributed by atoms with E-state index in [4.69, 9.17) is 21.4 Å². The van der Waals surface area contributed by atoms with Crippen LogP contribution in [0.5, 0.6) is 5.75 Å². The highest BCUT2D eigenvalue weighted by Gasteiger charge is 2.20. The van der Waals surface area contributed by atoms with Crippen LogP contribution in [0.3, 0.4) is 0 Å². The fraction of sp³-hybridized carbons (Fsp3) is 0.235. The summed E-state index contributed by atoms with van der Waals surface area (Å²) in [6.45, 7) is 0.722. The van der Waals surface area contributed by atoms with Crippen LogP contribution in [0.1, 0.15) is 5.56 Å². The van der Waals surface area contributed by atoms with Gasteiger partial charge in [0.2, 0.25) is 0 Å². The van der Waals surface area contributed by atoms with Crippen molar-refractivity contribution in [3.63, 3.8) is 0 Å². The Morgan fingerprint density at radius 3 is 2.58 bits per heavy atom. The molecule has 0 atom stereocenters. The van der Waals surface area contributed by atoms with Crippen LogP contribution >= 0.6 is 39.5 Å². The maximum atomic E-state index is 6.46. The highest BCUT2D eigenvalue weighted by Crippen LogP contribution is 2.38. The molecule has 126 valence electrons. The number of benzene rings is 2. The molecule has 0 fully saturated rings. The van der Waals surface area contributed by atoms with Crippen LogP contribution < -0.4 is 9.04 Å². The molecule has 0 N–H and O–H groups in total. The van der Waals surface area contributed by atoms with E-state index in [-0.39, 0.29) is 0 Å². The topological polar surface area (TPSA) is 30.3 Å². The Hall–Kier alpha value is -1.37. The third-order valence-electron chi connectivity index (χ3n) is 3.81. The summed E-state index contributed by atoms with van der Waals surface area (Å²) in [5.74, 6) is 1.71. The van der Waals surface area contributed by atoms with Crippen molar-refractivity contribution in [2.24, 2.45) is 7.05 Å². The third-order valence-corrected chi connectivity index (χ3v) is 5.51. The quantitative estimate of drug-likeness (QED) is 0.519. The van der Waals surface area contributed by atoms with Crippen LogP contribution in [0.25, 0.3) is 10.9 Å². The maximum Gasteiger partial charge on any atom is 0.170 e. The fourth-order valence-electron chi connectivity index (χ4n) is 2.61. The van der Waals surface area contributed by atoms with E-state index in [1.807, 2.05) is 42.3 Å². The van der Waals surface area contributed by atoms with Crippen LogP contribution in [0, 0.1) is 0 Å². The standard InChI is InChI=1S/C17H17BrClN3OS/c1-21-16-13(18)8-9-14(19)15(16)17(20-21)22(24-3)10-11-4-6-12(23-2)7-5-11/h4-9H,10H2,1-3H3. The van der Waals surface area contributed by atoms with Crippen LogP contribution in [-0.2, 0) is 13.6 Å². The lowest BCUT2D eigenvalue weighted by atomic mass is 10.2. The van der Waals surface area contributed by atoms with Gasteiger partial charge in [0.1, 0.15) is 5.75 Å². The molecule has 0 aliphatic carbocycles. The molecule has 0 bridgehead atoms. The monoisotopic (exact) mass is 425 g/mol. The molecule has 0 aliphatic rings. The molecule has 0 spiro atoms. The predicted molar refractivity (Wildman–Crippen MR) is 106 cm³/mol. The summed E-state index contributed by atoms with van der Waals surface area (Å²) in [7, 11) is 3.60. The molecule has 24 heavy (non-hydrogen) atoms. The second-order valence-electron chi connectivity index (χ2n) is 5.27. The van der Waals surface area contributed by atoms with Crippen molar-refractivity contribution in [1.82, 2.24) is 9.78 Å². The highest BCUT2D eigenvalue weighted by molar-refractivity contribution is 9.10. The van der Waals surface area contributed by atoms with Gasteiger partial charge in [0.25, 0.3) is 0 Å². The number of anilines is 1. The fourth-order valence-corrected chi connectivity index (χ4v) is 4.01. The SMILES string of the molecule is COc1ccc(CN(SC)c2nn(C)c3c(Br)ccc(Cl)c23)cc1. The molecule has 0 unspecified atom stereocenters. The first-order valence-electron chi connectivity index (χ1n) is 7.30. The van der Waals surface area contributed by atoms with E-state index < -0.39 is 0 Å². The minimum atomic E-state index is 0.699. The van der Waals surface area contributed by atoms with Gasteiger partial charge in [0.15, 0.2) is 5.82 Å². The summed E-state index contributed by atoms with van der Waals surface area (Å²) >= 11 is 11.7. The first-order chi connectivity index (χ1) is 11.5. The number of hydrogen-bond donors (Lipinski definition) is 0. The molecule has 2 aromatic carbocycles. The molecule has 3 aromatic rings. The van der Waals surface area contributed by atoms with Crippen LogP contribution in [0.2, 0.25) is 5.02 Å². The van der Waals surface area contributed by atoms with Crippen molar-refractivity contribution in [2.75, 3.05) is 17.7 Å². The smallest absolute Gasteiger partial charge is 0.170 e. The Balaban J connectivity index is 2.01. The Kier molecular flexibility index (Phi) is 5.27. The predicted octanol–water partition coefficient (Wildman–Crippen LogP) is 5.28. The van der Waals surface area contributed by atoms with Gasteiger partial charge in [-0.2, -0.15) is 5.10 Å². The molecule has 0 radical (unpaired) electrons. The molecule has 1 aromatic heterocycles. The number of methoxy groups -OCH3 is 1. The minimum Gasteiger partial charge on any atom is -0.497 e.